The summed E-state index contributed by atoms with van der Waals surface area (Å²) in [6.07, 6.45) is -2.31. The number of aryl methyl sites for hydroxylation is 1. The highest BCUT2D eigenvalue weighted by atomic mass is 19.4. The lowest BCUT2D eigenvalue weighted by molar-refractivity contribution is -0.176. The van der Waals surface area contributed by atoms with Crippen molar-refractivity contribution in [2.45, 2.75) is 25.9 Å². The zero-order valence-electron chi connectivity index (χ0n) is 12.0. The Kier molecular flexibility index (Phi) is 3.76. The second-order valence-corrected chi connectivity index (χ2v) is 5.46. The van der Waals surface area contributed by atoms with Gasteiger partial charge < -0.3 is 9.32 Å². The lowest BCUT2D eigenvalue weighted by Crippen LogP contribution is -2.42. The van der Waals surface area contributed by atoms with Gasteiger partial charge in [0.2, 0.25) is 6.39 Å². The molecule has 3 rings (SSSR count). The molecule has 0 saturated carbocycles. The fourth-order valence-electron chi connectivity index (χ4n) is 2.66. The summed E-state index contributed by atoms with van der Waals surface area (Å²) >= 11 is 0. The van der Waals surface area contributed by atoms with Gasteiger partial charge in [0.1, 0.15) is 11.5 Å². The van der Waals surface area contributed by atoms with Gasteiger partial charge in [0.15, 0.2) is 0 Å². The highest BCUT2D eigenvalue weighted by molar-refractivity contribution is 5.54. The van der Waals surface area contributed by atoms with Gasteiger partial charge in [-0.1, -0.05) is 0 Å². The molecule has 0 aromatic carbocycles. The minimum Gasteiger partial charge on any atom is -0.422 e. The van der Waals surface area contributed by atoms with Gasteiger partial charge in [0, 0.05) is 13.1 Å². The Morgan fingerprint density at radius 3 is 2.82 bits per heavy atom. The van der Waals surface area contributed by atoms with Crippen LogP contribution in [0.3, 0.4) is 0 Å². The third-order valence-electron chi connectivity index (χ3n) is 3.74. The summed E-state index contributed by atoms with van der Waals surface area (Å²) in [7, 11) is 0. The van der Waals surface area contributed by atoms with Crippen LogP contribution in [0.2, 0.25) is 0 Å². The monoisotopic (exact) mass is 312 g/mol. The van der Waals surface area contributed by atoms with Crippen molar-refractivity contribution in [2.75, 3.05) is 18.0 Å². The molecule has 0 bridgehead atoms. The molecule has 0 spiro atoms. The van der Waals surface area contributed by atoms with E-state index in [1.807, 2.05) is 6.92 Å². The average molecular weight is 312 g/mol. The van der Waals surface area contributed by atoms with Gasteiger partial charge in [-0.05, 0) is 37.5 Å². The van der Waals surface area contributed by atoms with Crippen LogP contribution in [0.4, 0.5) is 19.0 Å². The summed E-state index contributed by atoms with van der Waals surface area (Å²) in [5, 5.41) is 7.39. The summed E-state index contributed by atoms with van der Waals surface area (Å²) in [5.41, 5.74) is 1.36. The summed E-state index contributed by atoms with van der Waals surface area (Å²) in [6.45, 7) is 2.35. The van der Waals surface area contributed by atoms with Crippen molar-refractivity contribution < 1.29 is 17.6 Å². The number of anilines is 1. The minimum atomic E-state index is -4.17. The van der Waals surface area contributed by atoms with Crippen molar-refractivity contribution in [1.29, 1.82) is 0 Å². The van der Waals surface area contributed by atoms with E-state index in [1.54, 1.807) is 17.0 Å². The molecule has 2 aromatic rings. The van der Waals surface area contributed by atoms with Crippen LogP contribution in [0.1, 0.15) is 18.4 Å². The summed E-state index contributed by atoms with van der Waals surface area (Å²) in [6, 6.07) is 3.54. The van der Waals surface area contributed by atoms with Crippen molar-refractivity contribution in [3.05, 3.63) is 24.1 Å². The highest BCUT2D eigenvalue weighted by Crippen LogP contribution is 2.34. The first-order chi connectivity index (χ1) is 10.4. The van der Waals surface area contributed by atoms with Gasteiger partial charge >= 0.3 is 6.18 Å². The van der Waals surface area contributed by atoms with E-state index in [1.165, 1.54) is 6.39 Å². The van der Waals surface area contributed by atoms with Crippen LogP contribution in [0.5, 0.6) is 0 Å². The van der Waals surface area contributed by atoms with Gasteiger partial charge in [-0.25, -0.2) is 4.98 Å². The van der Waals surface area contributed by atoms with Gasteiger partial charge in [-0.3, -0.25) is 0 Å². The standard InChI is InChI=1S/C14H15F3N4O/c1-9-5-11(13-20-18-8-22-13)19-12(6-9)21-4-2-3-10(7-21)14(15,16)17/h5-6,8,10H,2-4,7H2,1H3. The van der Waals surface area contributed by atoms with Crippen LogP contribution in [0.15, 0.2) is 22.9 Å². The molecule has 1 atom stereocenters. The number of halogens is 3. The largest absolute Gasteiger partial charge is 0.422 e. The zero-order valence-corrected chi connectivity index (χ0v) is 12.0. The molecule has 5 nitrogen and oxygen atoms in total. The molecule has 1 unspecified atom stereocenters. The topological polar surface area (TPSA) is 55.1 Å². The number of hydrogen-bond donors (Lipinski definition) is 0. The van der Waals surface area contributed by atoms with Crippen molar-refractivity contribution in [1.82, 2.24) is 15.2 Å². The molecule has 2 aromatic heterocycles. The Balaban J connectivity index is 1.88. The third-order valence-corrected chi connectivity index (χ3v) is 3.74. The summed E-state index contributed by atoms with van der Waals surface area (Å²) in [4.78, 5) is 6.05. The number of rotatable bonds is 2. The second-order valence-electron chi connectivity index (χ2n) is 5.46. The molecule has 1 saturated heterocycles. The van der Waals surface area contributed by atoms with Gasteiger partial charge in [-0.15, -0.1) is 10.2 Å². The molecule has 0 amide bonds. The van der Waals surface area contributed by atoms with Crippen molar-refractivity contribution >= 4 is 5.82 Å². The number of alkyl halides is 3. The smallest absolute Gasteiger partial charge is 0.393 e. The maximum absolute atomic E-state index is 12.9. The molecular formula is C14H15F3N4O. The van der Waals surface area contributed by atoms with Crippen LogP contribution in [-0.2, 0) is 0 Å². The minimum absolute atomic E-state index is 0.0662. The van der Waals surface area contributed by atoms with E-state index in [0.29, 0.717) is 24.5 Å². The highest BCUT2D eigenvalue weighted by Gasteiger charge is 2.42. The Bertz CT molecular complexity index is 642. The van der Waals surface area contributed by atoms with E-state index < -0.39 is 12.1 Å². The number of aromatic nitrogens is 3. The molecule has 3 heterocycles. The Morgan fingerprint density at radius 2 is 2.14 bits per heavy atom. The fraction of sp³-hybridized carbons (Fsp3) is 0.500. The summed E-state index contributed by atoms with van der Waals surface area (Å²) in [5.74, 6) is -0.535. The second kappa shape index (κ2) is 5.58. The van der Waals surface area contributed by atoms with Gasteiger partial charge in [-0.2, -0.15) is 13.2 Å². The zero-order chi connectivity index (χ0) is 15.7. The lowest BCUT2D eigenvalue weighted by Gasteiger charge is -2.34. The lowest BCUT2D eigenvalue weighted by atomic mass is 9.97. The first kappa shape index (κ1) is 14.8. The van der Waals surface area contributed by atoms with Crippen LogP contribution < -0.4 is 4.90 Å². The maximum Gasteiger partial charge on any atom is 0.393 e. The quantitative estimate of drug-likeness (QED) is 0.852. The van der Waals surface area contributed by atoms with E-state index in [2.05, 4.69) is 15.2 Å². The van der Waals surface area contributed by atoms with Crippen LogP contribution in [-0.4, -0.2) is 34.4 Å². The predicted octanol–water partition coefficient (Wildman–Crippen LogP) is 3.22. The molecule has 0 radical (unpaired) electrons. The molecular weight excluding hydrogens is 297 g/mol. The molecule has 1 aliphatic rings. The molecule has 0 aliphatic carbocycles. The number of pyridine rings is 1. The van der Waals surface area contributed by atoms with Gasteiger partial charge in [0.25, 0.3) is 5.89 Å². The number of hydrogen-bond acceptors (Lipinski definition) is 5. The van der Waals surface area contributed by atoms with E-state index in [-0.39, 0.29) is 18.9 Å². The van der Waals surface area contributed by atoms with Crippen LogP contribution in [0.25, 0.3) is 11.6 Å². The average Bonchev–Trinajstić information content (AvgIpc) is 3.00. The molecule has 1 aliphatic heterocycles. The SMILES string of the molecule is Cc1cc(-c2nnco2)nc(N2CCCC(C(F)(F)F)C2)c1. The van der Waals surface area contributed by atoms with E-state index in [9.17, 15) is 13.2 Å². The third kappa shape index (κ3) is 3.05. The first-order valence-electron chi connectivity index (χ1n) is 7.00. The van der Waals surface area contributed by atoms with Crippen LogP contribution in [0, 0.1) is 12.8 Å². The Labute approximate surface area is 125 Å². The summed E-state index contributed by atoms with van der Waals surface area (Å²) < 4.78 is 43.9. The molecule has 1 fully saturated rings. The van der Waals surface area contributed by atoms with E-state index in [0.717, 1.165) is 5.56 Å². The van der Waals surface area contributed by atoms with Crippen molar-refractivity contribution in [2.24, 2.45) is 5.92 Å². The van der Waals surface area contributed by atoms with Gasteiger partial charge in [0.05, 0.1) is 5.92 Å². The molecule has 0 N–H and O–H groups in total. The van der Waals surface area contributed by atoms with Crippen LogP contribution >= 0.6 is 0 Å². The van der Waals surface area contributed by atoms with E-state index >= 15 is 0 Å². The molecule has 22 heavy (non-hydrogen) atoms. The van der Waals surface area contributed by atoms with E-state index in [4.69, 9.17) is 4.42 Å². The predicted molar refractivity (Wildman–Crippen MR) is 73.3 cm³/mol. The molecule has 8 heteroatoms. The Hall–Kier alpha value is -2.12. The molecule has 118 valence electrons. The fourth-order valence-corrected chi connectivity index (χ4v) is 2.66. The maximum atomic E-state index is 12.9. The Morgan fingerprint density at radius 1 is 1.32 bits per heavy atom. The van der Waals surface area contributed by atoms with Crippen molar-refractivity contribution in [3.8, 4) is 11.6 Å². The normalized spacial score (nSPS) is 19.5. The number of nitrogens with zero attached hydrogens (tertiary/aromatic N) is 4. The van der Waals surface area contributed by atoms with Crippen molar-refractivity contribution in [3.63, 3.8) is 0 Å². The first-order valence-corrected chi connectivity index (χ1v) is 7.00. The number of piperidine rings is 1.